The first-order valence-electron chi connectivity index (χ1n) is 11.0. The molecule has 1 aliphatic rings. The van der Waals surface area contributed by atoms with Gasteiger partial charge in [-0.1, -0.05) is 42.8 Å². The highest BCUT2D eigenvalue weighted by Crippen LogP contribution is 2.38. The first-order chi connectivity index (χ1) is 15.7. The fourth-order valence-corrected chi connectivity index (χ4v) is 4.65. The third-order valence-corrected chi connectivity index (χ3v) is 6.39. The van der Waals surface area contributed by atoms with Crippen LogP contribution >= 0.6 is 11.6 Å². The molecule has 0 bridgehead atoms. The lowest BCUT2D eigenvalue weighted by atomic mass is 9.93. The number of piperidine rings is 1. The summed E-state index contributed by atoms with van der Waals surface area (Å²) in [4.78, 5) is 12.3. The van der Waals surface area contributed by atoms with Gasteiger partial charge >= 0.3 is 0 Å². The van der Waals surface area contributed by atoms with Crippen LogP contribution in [0.5, 0.6) is 11.5 Å². The van der Waals surface area contributed by atoms with Crippen molar-refractivity contribution in [1.82, 2.24) is 20.3 Å². The average molecular weight is 448 g/mol. The molecule has 3 heterocycles. The third-order valence-electron chi connectivity index (χ3n) is 6.06. The number of benzene rings is 2. The van der Waals surface area contributed by atoms with E-state index < -0.39 is 0 Å². The predicted octanol–water partition coefficient (Wildman–Crippen LogP) is 5.72. The van der Waals surface area contributed by atoms with Gasteiger partial charge in [-0.25, -0.2) is 9.97 Å². The van der Waals surface area contributed by atoms with Crippen LogP contribution in [0.3, 0.4) is 0 Å². The predicted molar refractivity (Wildman–Crippen MR) is 129 cm³/mol. The summed E-state index contributed by atoms with van der Waals surface area (Å²) in [5, 5.41) is 8.75. The van der Waals surface area contributed by atoms with E-state index in [1.807, 2.05) is 54.7 Å². The zero-order chi connectivity index (χ0) is 21.9. The highest BCUT2D eigenvalue weighted by Gasteiger charge is 2.22. The summed E-state index contributed by atoms with van der Waals surface area (Å²) >= 11 is 6.71. The smallest absolute Gasteiger partial charge is 0.143 e. The van der Waals surface area contributed by atoms with Crippen molar-refractivity contribution in [3.63, 3.8) is 0 Å². The Hall–Kier alpha value is -3.09. The minimum Gasteiger partial charge on any atom is -0.457 e. The molecule has 1 atom stereocenters. The van der Waals surface area contributed by atoms with Crippen LogP contribution in [0.4, 0.5) is 5.82 Å². The molecule has 2 aromatic heterocycles. The highest BCUT2D eigenvalue weighted by molar-refractivity contribution is 6.31. The SMILES string of the molecule is CC(c1ccc(Oc2ccccc2)cc1Cl)c1c[nH]c2ncnc(NC3CCNCC3)c12. The molecule has 6 nitrogen and oxygen atoms in total. The summed E-state index contributed by atoms with van der Waals surface area (Å²) in [5.41, 5.74) is 2.98. The molecule has 5 rings (SSSR count). The molecule has 0 amide bonds. The number of nitrogens with one attached hydrogen (secondary N) is 3. The third kappa shape index (κ3) is 4.29. The van der Waals surface area contributed by atoms with Crippen LogP contribution < -0.4 is 15.4 Å². The summed E-state index contributed by atoms with van der Waals surface area (Å²) in [6.45, 7) is 4.20. The molecule has 3 N–H and O–H groups in total. The van der Waals surface area contributed by atoms with Crippen molar-refractivity contribution in [2.24, 2.45) is 0 Å². The largest absolute Gasteiger partial charge is 0.457 e. The Bertz CT molecular complexity index is 1200. The molecule has 0 spiro atoms. The first-order valence-corrected chi connectivity index (χ1v) is 11.4. The maximum absolute atomic E-state index is 6.71. The van der Waals surface area contributed by atoms with Crippen LogP contribution in [0.15, 0.2) is 61.1 Å². The van der Waals surface area contributed by atoms with Crippen LogP contribution in [0, 0.1) is 0 Å². The van der Waals surface area contributed by atoms with Crippen molar-refractivity contribution in [3.8, 4) is 11.5 Å². The van der Waals surface area contributed by atoms with E-state index >= 15 is 0 Å². The van der Waals surface area contributed by atoms with E-state index in [9.17, 15) is 0 Å². The van der Waals surface area contributed by atoms with Crippen LogP contribution in [0.25, 0.3) is 11.0 Å². The van der Waals surface area contributed by atoms with E-state index in [1.165, 1.54) is 0 Å². The minimum atomic E-state index is 0.0570. The van der Waals surface area contributed by atoms with Gasteiger partial charge in [0.1, 0.15) is 29.3 Å². The molecule has 32 heavy (non-hydrogen) atoms. The highest BCUT2D eigenvalue weighted by atomic mass is 35.5. The number of hydrogen-bond donors (Lipinski definition) is 3. The van der Waals surface area contributed by atoms with Gasteiger partial charge in [0.15, 0.2) is 0 Å². The molecule has 0 saturated carbocycles. The van der Waals surface area contributed by atoms with Crippen LogP contribution in [0.1, 0.15) is 36.8 Å². The Balaban J connectivity index is 1.43. The number of para-hydroxylation sites is 1. The number of anilines is 1. The van der Waals surface area contributed by atoms with Gasteiger partial charge in [-0.15, -0.1) is 0 Å². The van der Waals surface area contributed by atoms with E-state index in [1.54, 1.807) is 6.33 Å². The van der Waals surface area contributed by atoms with Crippen molar-refractivity contribution < 1.29 is 4.74 Å². The summed E-state index contributed by atoms with van der Waals surface area (Å²) < 4.78 is 5.93. The molecule has 7 heteroatoms. The van der Waals surface area contributed by atoms with Gasteiger partial charge in [-0.05, 0) is 61.3 Å². The van der Waals surface area contributed by atoms with Gasteiger partial charge in [0.05, 0.1) is 5.39 Å². The van der Waals surface area contributed by atoms with E-state index in [0.29, 0.717) is 16.8 Å². The number of rotatable bonds is 6. The van der Waals surface area contributed by atoms with E-state index in [-0.39, 0.29) is 5.92 Å². The summed E-state index contributed by atoms with van der Waals surface area (Å²) in [5.74, 6) is 2.44. The fourth-order valence-electron chi connectivity index (χ4n) is 4.31. The number of nitrogens with zero attached hydrogens (tertiary/aromatic N) is 2. The number of fused-ring (bicyclic) bond motifs is 1. The van der Waals surface area contributed by atoms with Gasteiger partial charge < -0.3 is 20.4 Å². The van der Waals surface area contributed by atoms with Crippen LogP contribution in [-0.4, -0.2) is 34.1 Å². The summed E-state index contributed by atoms with van der Waals surface area (Å²) in [6.07, 6.45) is 5.78. The molecule has 4 aromatic rings. The van der Waals surface area contributed by atoms with Crippen molar-refractivity contribution in [2.75, 3.05) is 18.4 Å². The molecule has 2 aromatic carbocycles. The topological polar surface area (TPSA) is 74.9 Å². The number of aromatic amines is 1. The van der Waals surface area contributed by atoms with Crippen molar-refractivity contribution >= 4 is 28.5 Å². The van der Waals surface area contributed by atoms with Gasteiger partial charge in [-0.3, -0.25) is 0 Å². The van der Waals surface area contributed by atoms with Gasteiger partial charge in [0.2, 0.25) is 0 Å². The molecule has 164 valence electrons. The Labute approximate surface area is 192 Å². The minimum absolute atomic E-state index is 0.0570. The van der Waals surface area contributed by atoms with Crippen molar-refractivity contribution in [1.29, 1.82) is 0 Å². The van der Waals surface area contributed by atoms with Crippen LogP contribution in [0.2, 0.25) is 5.02 Å². The quantitative estimate of drug-likeness (QED) is 0.352. The second kappa shape index (κ2) is 9.18. The number of ether oxygens (including phenoxy) is 1. The van der Waals surface area contributed by atoms with E-state index in [2.05, 4.69) is 32.5 Å². The summed E-state index contributed by atoms with van der Waals surface area (Å²) in [7, 11) is 0. The van der Waals surface area contributed by atoms with E-state index in [4.69, 9.17) is 16.3 Å². The molecular formula is C25H26ClN5O. The molecule has 1 saturated heterocycles. The van der Waals surface area contributed by atoms with Crippen molar-refractivity contribution in [2.45, 2.75) is 31.7 Å². The van der Waals surface area contributed by atoms with Crippen molar-refractivity contribution in [3.05, 3.63) is 77.2 Å². The molecule has 1 fully saturated rings. The van der Waals surface area contributed by atoms with Gasteiger partial charge in [-0.2, -0.15) is 0 Å². The van der Waals surface area contributed by atoms with Gasteiger partial charge in [0, 0.05) is 23.2 Å². The maximum Gasteiger partial charge on any atom is 0.143 e. The lowest BCUT2D eigenvalue weighted by Crippen LogP contribution is -2.35. The Morgan fingerprint density at radius 3 is 2.62 bits per heavy atom. The molecule has 0 aliphatic carbocycles. The van der Waals surface area contributed by atoms with Gasteiger partial charge in [0.25, 0.3) is 0 Å². The lowest BCUT2D eigenvalue weighted by Gasteiger charge is -2.24. The molecular weight excluding hydrogens is 422 g/mol. The number of hydrogen-bond acceptors (Lipinski definition) is 5. The molecule has 1 aliphatic heterocycles. The summed E-state index contributed by atoms with van der Waals surface area (Å²) in [6, 6.07) is 16.0. The lowest BCUT2D eigenvalue weighted by molar-refractivity contribution is 0.478. The second-order valence-electron chi connectivity index (χ2n) is 8.18. The monoisotopic (exact) mass is 447 g/mol. The number of halogens is 1. The Kier molecular flexibility index (Phi) is 5.97. The fraction of sp³-hybridized carbons (Fsp3) is 0.280. The van der Waals surface area contributed by atoms with E-state index in [0.717, 1.165) is 59.7 Å². The maximum atomic E-state index is 6.71. The first kappa shape index (κ1) is 20.8. The standard InChI is InChI=1S/C25H26ClN5O/c1-16(20-8-7-19(13-22(20)26)32-18-5-3-2-4-6-18)21-14-28-24-23(21)25(30-15-29-24)31-17-9-11-27-12-10-17/h2-8,13-17,27H,9-12H2,1H3,(H2,28,29,30,31). The normalized spacial score (nSPS) is 15.6. The molecule has 0 radical (unpaired) electrons. The number of H-pyrrole nitrogens is 1. The number of aromatic nitrogens is 3. The Morgan fingerprint density at radius 1 is 1.03 bits per heavy atom. The zero-order valence-corrected chi connectivity index (χ0v) is 18.7. The average Bonchev–Trinajstić information content (AvgIpc) is 3.26. The Morgan fingerprint density at radius 2 is 1.84 bits per heavy atom. The zero-order valence-electron chi connectivity index (χ0n) is 17.9. The second-order valence-corrected chi connectivity index (χ2v) is 8.59. The molecule has 1 unspecified atom stereocenters. The van der Waals surface area contributed by atoms with Crippen LogP contribution in [-0.2, 0) is 0 Å².